The molecule has 0 heterocycles. The molecule has 0 aliphatic rings. The number of aliphatic carboxylic acids is 1. The van der Waals surface area contributed by atoms with Crippen LogP contribution in [0.4, 0.5) is 0 Å². The standard InChI is InChI=1S/C10H19NO4/c1-4-15-9(12)5-6-11-8(3)7(2)10(13)14/h7-8,11H,4-6H2,1-3H3,(H,13,14). The zero-order valence-electron chi connectivity index (χ0n) is 9.45. The Hall–Kier alpha value is -1.10. The van der Waals surface area contributed by atoms with Gasteiger partial charge in [0.05, 0.1) is 18.9 Å². The van der Waals surface area contributed by atoms with E-state index in [0.29, 0.717) is 13.2 Å². The van der Waals surface area contributed by atoms with Gasteiger partial charge in [-0.1, -0.05) is 6.92 Å². The Morgan fingerprint density at radius 1 is 1.40 bits per heavy atom. The molecule has 0 rings (SSSR count). The average molecular weight is 217 g/mol. The first-order valence-corrected chi connectivity index (χ1v) is 5.10. The molecule has 15 heavy (non-hydrogen) atoms. The number of rotatable bonds is 7. The van der Waals surface area contributed by atoms with Gasteiger partial charge >= 0.3 is 11.9 Å². The minimum Gasteiger partial charge on any atom is -0.481 e. The number of hydrogen-bond acceptors (Lipinski definition) is 4. The molecule has 2 unspecified atom stereocenters. The third kappa shape index (κ3) is 6.06. The molecular formula is C10H19NO4. The highest BCUT2D eigenvalue weighted by Gasteiger charge is 2.18. The average Bonchev–Trinajstić information content (AvgIpc) is 2.16. The van der Waals surface area contributed by atoms with Crippen LogP contribution in [0, 0.1) is 5.92 Å². The zero-order valence-corrected chi connectivity index (χ0v) is 9.45. The predicted molar refractivity (Wildman–Crippen MR) is 55.5 cm³/mol. The minimum absolute atomic E-state index is 0.156. The quantitative estimate of drug-likeness (QED) is 0.612. The molecule has 5 heteroatoms. The topological polar surface area (TPSA) is 75.6 Å². The number of carbonyl (C=O) groups excluding carboxylic acids is 1. The van der Waals surface area contributed by atoms with Crippen molar-refractivity contribution in [2.45, 2.75) is 33.2 Å². The fraction of sp³-hybridized carbons (Fsp3) is 0.800. The number of ether oxygens (including phenoxy) is 1. The van der Waals surface area contributed by atoms with Gasteiger partial charge in [-0.2, -0.15) is 0 Å². The van der Waals surface area contributed by atoms with Crippen molar-refractivity contribution in [3.63, 3.8) is 0 Å². The van der Waals surface area contributed by atoms with Gasteiger partial charge in [-0.25, -0.2) is 0 Å². The van der Waals surface area contributed by atoms with Crippen LogP contribution in [0.3, 0.4) is 0 Å². The number of carbonyl (C=O) groups is 2. The Kier molecular flexibility index (Phi) is 6.70. The van der Waals surface area contributed by atoms with Crippen LogP contribution in [0.5, 0.6) is 0 Å². The summed E-state index contributed by atoms with van der Waals surface area (Å²) in [5.41, 5.74) is 0. The molecule has 88 valence electrons. The lowest BCUT2D eigenvalue weighted by atomic mass is 10.0. The highest BCUT2D eigenvalue weighted by Crippen LogP contribution is 2.02. The maximum absolute atomic E-state index is 10.9. The summed E-state index contributed by atoms with van der Waals surface area (Å²) >= 11 is 0. The summed E-state index contributed by atoms with van der Waals surface area (Å²) in [6.45, 7) is 5.98. The molecule has 0 aromatic rings. The van der Waals surface area contributed by atoms with Crippen molar-refractivity contribution in [1.29, 1.82) is 0 Å². The second-order valence-electron chi connectivity index (χ2n) is 3.42. The predicted octanol–water partition coefficient (Wildman–Crippen LogP) is 0.638. The van der Waals surface area contributed by atoms with E-state index in [1.54, 1.807) is 20.8 Å². The van der Waals surface area contributed by atoms with Crippen molar-refractivity contribution in [3.8, 4) is 0 Å². The van der Waals surface area contributed by atoms with Gasteiger partial charge < -0.3 is 15.2 Å². The summed E-state index contributed by atoms with van der Waals surface area (Å²) < 4.78 is 4.74. The molecule has 0 aliphatic carbocycles. The van der Waals surface area contributed by atoms with E-state index in [0.717, 1.165) is 0 Å². The number of carboxylic acid groups (broad SMARTS) is 1. The van der Waals surface area contributed by atoms with E-state index in [-0.39, 0.29) is 18.4 Å². The Morgan fingerprint density at radius 3 is 2.47 bits per heavy atom. The second-order valence-corrected chi connectivity index (χ2v) is 3.42. The van der Waals surface area contributed by atoms with Crippen LogP contribution in [0.2, 0.25) is 0 Å². The maximum Gasteiger partial charge on any atom is 0.307 e. The van der Waals surface area contributed by atoms with Gasteiger partial charge in [0.25, 0.3) is 0 Å². The van der Waals surface area contributed by atoms with Crippen LogP contribution in [0.1, 0.15) is 27.2 Å². The molecule has 2 atom stereocenters. The maximum atomic E-state index is 10.9. The SMILES string of the molecule is CCOC(=O)CCNC(C)C(C)C(=O)O. The molecule has 0 fully saturated rings. The van der Waals surface area contributed by atoms with E-state index in [4.69, 9.17) is 9.84 Å². The number of carboxylic acids is 1. The number of esters is 1. The summed E-state index contributed by atoms with van der Waals surface area (Å²) in [7, 11) is 0. The Balaban J connectivity index is 3.67. The smallest absolute Gasteiger partial charge is 0.307 e. The summed E-state index contributed by atoms with van der Waals surface area (Å²) in [6.07, 6.45) is 0.268. The molecular weight excluding hydrogens is 198 g/mol. The van der Waals surface area contributed by atoms with E-state index >= 15 is 0 Å². The lowest BCUT2D eigenvalue weighted by molar-refractivity contribution is -0.143. The van der Waals surface area contributed by atoms with Crippen LogP contribution in [-0.2, 0) is 14.3 Å². The number of nitrogens with one attached hydrogen (secondary N) is 1. The van der Waals surface area contributed by atoms with Crippen LogP contribution in [0.25, 0.3) is 0 Å². The van der Waals surface area contributed by atoms with Gasteiger partial charge in [0.15, 0.2) is 0 Å². The molecule has 0 amide bonds. The van der Waals surface area contributed by atoms with Crippen LogP contribution in [0.15, 0.2) is 0 Å². The molecule has 0 bridgehead atoms. The van der Waals surface area contributed by atoms with Gasteiger partial charge in [0.2, 0.25) is 0 Å². The summed E-state index contributed by atoms with van der Waals surface area (Å²) in [5.74, 6) is -1.57. The molecule has 0 radical (unpaired) electrons. The third-order valence-electron chi connectivity index (χ3n) is 2.24. The molecule has 0 saturated carbocycles. The summed E-state index contributed by atoms with van der Waals surface area (Å²) in [6, 6.07) is -0.156. The van der Waals surface area contributed by atoms with Crippen molar-refractivity contribution in [2.24, 2.45) is 5.92 Å². The first kappa shape index (κ1) is 13.9. The highest BCUT2D eigenvalue weighted by atomic mass is 16.5. The molecule has 0 aliphatic heterocycles. The first-order valence-electron chi connectivity index (χ1n) is 5.10. The second kappa shape index (κ2) is 7.23. The highest BCUT2D eigenvalue weighted by molar-refractivity contribution is 5.70. The molecule has 0 saturated heterocycles. The first-order chi connectivity index (χ1) is 6.99. The van der Waals surface area contributed by atoms with E-state index in [9.17, 15) is 9.59 Å². The van der Waals surface area contributed by atoms with E-state index < -0.39 is 11.9 Å². The fourth-order valence-electron chi connectivity index (χ4n) is 1.03. The van der Waals surface area contributed by atoms with Crippen molar-refractivity contribution in [2.75, 3.05) is 13.2 Å². The molecule has 0 aromatic heterocycles. The van der Waals surface area contributed by atoms with Crippen molar-refractivity contribution in [1.82, 2.24) is 5.32 Å². The minimum atomic E-state index is -0.842. The van der Waals surface area contributed by atoms with Crippen molar-refractivity contribution in [3.05, 3.63) is 0 Å². The normalized spacial score (nSPS) is 14.3. The molecule has 0 spiro atoms. The Bertz CT molecular complexity index is 217. The Morgan fingerprint density at radius 2 is 2.00 bits per heavy atom. The summed E-state index contributed by atoms with van der Waals surface area (Å²) in [4.78, 5) is 21.6. The van der Waals surface area contributed by atoms with Gasteiger partial charge in [0, 0.05) is 12.6 Å². The fourth-order valence-corrected chi connectivity index (χ4v) is 1.03. The largest absolute Gasteiger partial charge is 0.481 e. The van der Waals surface area contributed by atoms with Crippen LogP contribution < -0.4 is 5.32 Å². The van der Waals surface area contributed by atoms with Crippen molar-refractivity contribution >= 4 is 11.9 Å². The molecule has 0 aromatic carbocycles. The van der Waals surface area contributed by atoms with Gasteiger partial charge in [-0.15, -0.1) is 0 Å². The third-order valence-corrected chi connectivity index (χ3v) is 2.24. The lowest BCUT2D eigenvalue weighted by Gasteiger charge is -2.17. The van der Waals surface area contributed by atoms with Gasteiger partial charge in [-0.3, -0.25) is 9.59 Å². The van der Waals surface area contributed by atoms with Crippen LogP contribution >= 0.6 is 0 Å². The van der Waals surface area contributed by atoms with Gasteiger partial charge in [0.1, 0.15) is 0 Å². The van der Waals surface area contributed by atoms with Crippen LogP contribution in [-0.4, -0.2) is 36.2 Å². The molecule has 5 nitrogen and oxygen atoms in total. The van der Waals surface area contributed by atoms with E-state index in [1.807, 2.05) is 0 Å². The van der Waals surface area contributed by atoms with E-state index in [1.165, 1.54) is 0 Å². The van der Waals surface area contributed by atoms with Gasteiger partial charge in [-0.05, 0) is 13.8 Å². The molecule has 2 N–H and O–H groups in total. The monoisotopic (exact) mass is 217 g/mol. The summed E-state index contributed by atoms with van der Waals surface area (Å²) in [5, 5.41) is 11.7. The zero-order chi connectivity index (χ0) is 11.8. The Labute approximate surface area is 89.8 Å². The van der Waals surface area contributed by atoms with E-state index in [2.05, 4.69) is 5.32 Å². The lowest BCUT2D eigenvalue weighted by Crippen LogP contribution is -2.37. The number of hydrogen-bond donors (Lipinski definition) is 2. The van der Waals surface area contributed by atoms with Crippen molar-refractivity contribution < 1.29 is 19.4 Å².